The number of aryl methyl sites for hydroxylation is 2. The zero-order chi connectivity index (χ0) is 24.2. The molecule has 1 saturated carbocycles. The number of nitrogens with zero attached hydrogens (tertiary/aromatic N) is 3. The molecule has 0 spiro atoms. The number of carbonyl (C=O) groups excluding carboxylic acids is 2. The van der Waals surface area contributed by atoms with Crippen molar-refractivity contribution in [2.24, 2.45) is 5.92 Å². The monoisotopic (exact) mass is 458 g/mol. The molecule has 34 heavy (non-hydrogen) atoms. The van der Waals surface area contributed by atoms with Crippen molar-refractivity contribution in [2.75, 3.05) is 11.9 Å². The summed E-state index contributed by atoms with van der Waals surface area (Å²) in [4.78, 5) is 28.2. The second-order valence-corrected chi connectivity index (χ2v) is 9.51. The lowest BCUT2D eigenvalue weighted by Gasteiger charge is -2.29. The fraction of sp³-hybridized carbons (Fsp3) is 0.393. The van der Waals surface area contributed by atoms with Crippen molar-refractivity contribution in [1.29, 1.82) is 0 Å². The maximum Gasteiger partial charge on any atom is 0.245 e. The third-order valence-electron chi connectivity index (χ3n) is 6.58. The molecular formula is C28H34N4O2. The van der Waals surface area contributed by atoms with E-state index in [0.29, 0.717) is 5.82 Å². The van der Waals surface area contributed by atoms with Crippen LogP contribution in [0, 0.1) is 19.8 Å². The van der Waals surface area contributed by atoms with Gasteiger partial charge in [-0.05, 0) is 58.2 Å². The Morgan fingerprint density at radius 2 is 1.68 bits per heavy atom. The average Bonchev–Trinajstić information content (AvgIpc) is 3.46. The normalized spacial score (nSPS) is 13.9. The fourth-order valence-corrected chi connectivity index (χ4v) is 4.71. The number of carbonyl (C=O) groups is 2. The highest BCUT2D eigenvalue weighted by molar-refractivity contribution is 5.98. The van der Waals surface area contributed by atoms with Gasteiger partial charge in [-0.15, -0.1) is 0 Å². The maximum atomic E-state index is 13.3. The van der Waals surface area contributed by atoms with Crippen LogP contribution < -0.4 is 5.32 Å². The Kier molecular flexibility index (Phi) is 7.15. The molecule has 3 aromatic rings. The Labute approximate surface area is 202 Å². The second kappa shape index (κ2) is 10.2. The molecule has 0 saturated heterocycles. The van der Waals surface area contributed by atoms with Gasteiger partial charge in [-0.3, -0.25) is 9.59 Å². The molecule has 178 valence electrons. The maximum absolute atomic E-state index is 13.3. The predicted molar refractivity (Wildman–Crippen MR) is 136 cm³/mol. The van der Waals surface area contributed by atoms with E-state index in [-0.39, 0.29) is 30.3 Å². The van der Waals surface area contributed by atoms with Crippen LogP contribution in [0.1, 0.15) is 50.8 Å². The molecule has 6 heteroatoms. The molecule has 0 aliphatic heterocycles. The highest BCUT2D eigenvalue weighted by Crippen LogP contribution is 2.33. The third-order valence-corrected chi connectivity index (χ3v) is 6.58. The summed E-state index contributed by atoms with van der Waals surface area (Å²) in [6.45, 7) is 7.95. The molecule has 4 rings (SSSR count). The molecule has 6 nitrogen and oxygen atoms in total. The minimum atomic E-state index is -0.217. The third kappa shape index (κ3) is 5.06. The minimum Gasteiger partial charge on any atom is -0.331 e. The Morgan fingerprint density at radius 1 is 1.03 bits per heavy atom. The summed E-state index contributed by atoms with van der Waals surface area (Å²) in [6, 6.07) is 18.0. The first-order valence-corrected chi connectivity index (χ1v) is 12.2. The predicted octanol–water partition coefficient (Wildman–Crippen LogP) is 5.52. The van der Waals surface area contributed by atoms with Crippen molar-refractivity contribution in [3.8, 4) is 16.8 Å². The van der Waals surface area contributed by atoms with Crippen LogP contribution in [0.5, 0.6) is 0 Å². The Hall–Kier alpha value is -3.41. The molecule has 1 aliphatic rings. The first-order valence-electron chi connectivity index (χ1n) is 12.2. The van der Waals surface area contributed by atoms with Gasteiger partial charge in [0.1, 0.15) is 12.4 Å². The van der Waals surface area contributed by atoms with E-state index in [1.807, 2.05) is 82.3 Å². The van der Waals surface area contributed by atoms with E-state index in [1.165, 1.54) is 0 Å². The van der Waals surface area contributed by atoms with Gasteiger partial charge in [-0.25, -0.2) is 4.68 Å². The smallest absolute Gasteiger partial charge is 0.245 e. The number of amides is 2. The summed E-state index contributed by atoms with van der Waals surface area (Å²) in [7, 11) is 0. The average molecular weight is 459 g/mol. The molecule has 2 amide bonds. The van der Waals surface area contributed by atoms with Crippen LogP contribution in [0.2, 0.25) is 0 Å². The zero-order valence-electron chi connectivity index (χ0n) is 20.5. The number of anilines is 1. The molecule has 0 atom stereocenters. The van der Waals surface area contributed by atoms with Crippen LogP contribution in [0.4, 0.5) is 5.82 Å². The minimum absolute atomic E-state index is 0.0271. The number of aromatic nitrogens is 2. The molecule has 1 aromatic heterocycles. The topological polar surface area (TPSA) is 67.2 Å². The van der Waals surface area contributed by atoms with Crippen LogP contribution >= 0.6 is 0 Å². The number of nitrogens with one attached hydrogen (secondary N) is 1. The summed E-state index contributed by atoms with van der Waals surface area (Å²) < 4.78 is 1.79. The van der Waals surface area contributed by atoms with Crippen LogP contribution in [0.15, 0.2) is 54.6 Å². The molecule has 0 unspecified atom stereocenters. The quantitative estimate of drug-likeness (QED) is 0.507. The van der Waals surface area contributed by atoms with Crippen molar-refractivity contribution in [3.63, 3.8) is 0 Å². The van der Waals surface area contributed by atoms with Gasteiger partial charge in [-0.1, -0.05) is 60.9 Å². The summed E-state index contributed by atoms with van der Waals surface area (Å²) >= 11 is 0. The summed E-state index contributed by atoms with van der Waals surface area (Å²) in [5.41, 5.74) is 4.71. The van der Waals surface area contributed by atoms with E-state index in [4.69, 9.17) is 5.10 Å². The van der Waals surface area contributed by atoms with E-state index < -0.39 is 0 Å². The SMILES string of the molecule is Cc1ccc(-n2nc(C)c(-c3ccccc3)c2NC(=O)CN(C(=O)C2CCCC2)C(C)C)cc1. The second-order valence-electron chi connectivity index (χ2n) is 9.51. The van der Waals surface area contributed by atoms with Gasteiger partial charge in [0.15, 0.2) is 0 Å². The lowest BCUT2D eigenvalue weighted by Crippen LogP contribution is -2.45. The van der Waals surface area contributed by atoms with Crippen molar-refractivity contribution in [2.45, 2.75) is 59.4 Å². The molecule has 1 heterocycles. The van der Waals surface area contributed by atoms with Crippen molar-refractivity contribution in [1.82, 2.24) is 14.7 Å². The molecule has 2 aromatic carbocycles. The Bertz CT molecular complexity index is 1140. The van der Waals surface area contributed by atoms with Gasteiger partial charge in [-0.2, -0.15) is 5.10 Å². The summed E-state index contributed by atoms with van der Waals surface area (Å²) in [5, 5.41) is 7.88. The molecule has 1 aliphatic carbocycles. The lowest BCUT2D eigenvalue weighted by atomic mass is 10.1. The van der Waals surface area contributed by atoms with Gasteiger partial charge in [0.05, 0.1) is 11.4 Å². The van der Waals surface area contributed by atoms with Crippen molar-refractivity contribution < 1.29 is 9.59 Å². The van der Waals surface area contributed by atoms with Gasteiger partial charge < -0.3 is 10.2 Å². The van der Waals surface area contributed by atoms with E-state index in [9.17, 15) is 9.59 Å². The van der Waals surface area contributed by atoms with Crippen LogP contribution in [-0.2, 0) is 9.59 Å². The number of rotatable bonds is 7. The van der Waals surface area contributed by atoms with E-state index in [2.05, 4.69) is 5.32 Å². The first kappa shape index (κ1) is 23.7. The number of hydrogen-bond donors (Lipinski definition) is 1. The van der Waals surface area contributed by atoms with E-state index >= 15 is 0 Å². The fourth-order valence-electron chi connectivity index (χ4n) is 4.71. The molecule has 1 fully saturated rings. The highest BCUT2D eigenvalue weighted by atomic mass is 16.2. The highest BCUT2D eigenvalue weighted by Gasteiger charge is 2.30. The van der Waals surface area contributed by atoms with Crippen LogP contribution in [0.3, 0.4) is 0 Å². The molecule has 0 radical (unpaired) electrons. The van der Waals surface area contributed by atoms with Crippen molar-refractivity contribution in [3.05, 3.63) is 65.9 Å². The largest absolute Gasteiger partial charge is 0.331 e. The summed E-state index contributed by atoms with van der Waals surface area (Å²) in [5.74, 6) is 0.532. The molecular weight excluding hydrogens is 424 g/mol. The van der Waals surface area contributed by atoms with Crippen LogP contribution in [-0.4, -0.2) is 39.1 Å². The van der Waals surface area contributed by atoms with Crippen LogP contribution in [0.25, 0.3) is 16.8 Å². The molecule has 0 bridgehead atoms. The van der Waals surface area contributed by atoms with E-state index in [0.717, 1.165) is 53.8 Å². The lowest BCUT2D eigenvalue weighted by molar-refractivity contribution is -0.140. The molecule has 1 N–H and O–H groups in total. The Balaban J connectivity index is 1.67. The van der Waals surface area contributed by atoms with Crippen molar-refractivity contribution >= 4 is 17.6 Å². The Morgan fingerprint density at radius 3 is 2.29 bits per heavy atom. The summed E-state index contributed by atoms with van der Waals surface area (Å²) in [6.07, 6.45) is 4.01. The van der Waals surface area contributed by atoms with Gasteiger partial charge >= 0.3 is 0 Å². The van der Waals surface area contributed by atoms with E-state index in [1.54, 1.807) is 9.58 Å². The first-order chi connectivity index (χ1) is 16.3. The standard InChI is InChI=1S/C28H34N4O2/c1-19(2)31(28(34)23-12-8-9-13-23)18-25(33)29-27-26(22-10-6-5-7-11-22)21(4)30-32(27)24-16-14-20(3)15-17-24/h5-7,10-11,14-17,19,23H,8-9,12-13,18H2,1-4H3,(H,29,33). The number of benzene rings is 2. The number of hydrogen-bond acceptors (Lipinski definition) is 3. The zero-order valence-corrected chi connectivity index (χ0v) is 20.5. The van der Waals surface area contributed by atoms with Gasteiger partial charge in [0.25, 0.3) is 0 Å². The van der Waals surface area contributed by atoms with Gasteiger partial charge in [0, 0.05) is 17.5 Å². The van der Waals surface area contributed by atoms with Gasteiger partial charge in [0.2, 0.25) is 11.8 Å².